The van der Waals surface area contributed by atoms with Crippen molar-refractivity contribution in [1.29, 1.82) is 0 Å². The molecule has 0 bridgehead atoms. The number of piperidine rings is 1. The van der Waals surface area contributed by atoms with Crippen molar-refractivity contribution in [3.05, 3.63) is 71.2 Å². The molecule has 2 aromatic heterocycles. The highest BCUT2D eigenvalue weighted by molar-refractivity contribution is 5.94. The van der Waals surface area contributed by atoms with Gasteiger partial charge in [0.15, 0.2) is 5.69 Å². The molecule has 1 atom stereocenters. The number of rotatable bonds is 7. The molecule has 0 radical (unpaired) electrons. The highest BCUT2D eigenvalue weighted by Gasteiger charge is 2.28. The second-order valence-corrected chi connectivity index (χ2v) is 8.73. The number of imidazole rings is 1. The van der Waals surface area contributed by atoms with E-state index >= 15 is 0 Å². The van der Waals surface area contributed by atoms with Gasteiger partial charge in [0.05, 0.1) is 11.6 Å². The molecule has 0 aliphatic carbocycles. The molecule has 1 fully saturated rings. The normalized spacial score (nSPS) is 16.9. The van der Waals surface area contributed by atoms with Gasteiger partial charge in [0.25, 0.3) is 5.91 Å². The van der Waals surface area contributed by atoms with Crippen molar-refractivity contribution < 1.29 is 9.59 Å². The summed E-state index contributed by atoms with van der Waals surface area (Å²) in [7, 11) is 1.83. The Morgan fingerprint density at radius 2 is 1.97 bits per heavy atom. The molecule has 1 aromatic carbocycles. The number of primary amides is 1. The van der Waals surface area contributed by atoms with E-state index < -0.39 is 0 Å². The van der Waals surface area contributed by atoms with Crippen LogP contribution in [-0.2, 0) is 17.8 Å². The second-order valence-electron chi connectivity index (χ2n) is 8.73. The zero-order valence-corrected chi connectivity index (χ0v) is 18.8. The smallest absolute Gasteiger partial charge is 0.274 e. The summed E-state index contributed by atoms with van der Waals surface area (Å²) in [6.45, 7) is 4.67. The van der Waals surface area contributed by atoms with E-state index in [1.54, 1.807) is 4.90 Å². The Labute approximate surface area is 188 Å². The second kappa shape index (κ2) is 9.53. The fourth-order valence-corrected chi connectivity index (χ4v) is 4.44. The minimum atomic E-state index is -0.249. The van der Waals surface area contributed by atoms with Crippen LogP contribution in [0.1, 0.15) is 40.2 Å². The summed E-state index contributed by atoms with van der Waals surface area (Å²) in [5, 5.41) is 0. The molecule has 4 rings (SSSR count). The maximum absolute atomic E-state index is 13.4. The number of carbonyl (C=O) groups is 2. The Morgan fingerprint density at radius 3 is 2.72 bits per heavy atom. The Balaban J connectivity index is 1.59. The van der Waals surface area contributed by atoms with Crippen LogP contribution < -0.4 is 5.73 Å². The fourth-order valence-electron chi connectivity index (χ4n) is 4.44. The Hall–Kier alpha value is -3.19. The summed E-state index contributed by atoms with van der Waals surface area (Å²) in [4.78, 5) is 33.9. The zero-order valence-electron chi connectivity index (χ0n) is 18.8. The molecule has 1 aliphatic rings. The van der Waals surface area contributed by atoms with Gasteiger partial charge in [-0.15, -0.1) is 0 Å². The Morgan fingerprint density at radius 1 is 1.19 bits per heavy atom. The van der Waals surface area contributed by atoms with Crippen molar-refractivity contribution >= 4 is 17.5 Å². The molecule has 3 aromatic rings. The van der Waals surface area contributed by atoms with Crippen molar-refractivity contribution in [2.45, 2.75) is 32.7 Å². The summed E-state index contributed by atoms with van der Waals surface area (Å²) in [5.41, 5.74) is 9.93. The number of hydrogen-bond acceptors (Lipinski definition) is 4. The largest absolute Gasteiger partial charge is 0.369 e. The maximum Gasteiger partial charge on any atom is 0.274 e. The molecule has 1 aliphatic heterocycles. The Kier molecular flexibility index (Phi) is 6.55. The molecule has 0 spiro atoms. The number of aromatic nitrogens is 2. The molecular formula is C25H31N5O2. The molecule has 0 saturated carbocycles. The van der Waals surface area contributed by atoms with Crippen LogP contribution in [0.25, 0.3) is 5.65 Å². The maximum atomic E-state index is 13.4. The average molecular weight is 434 g/mol. The third-order valence-corrected chi connectivity index (χ3v) is 6.35. The predicted molar refractivity (Wildman–Crippen MR) is 124 cm³/mol. The number of amides is 2. The number of nitrogens with zero attached hydrogens (tertiary/aromatic N) is 4. The lowest BCUT2D eigenvalue weighted by atomic mass is 9.97. The van der Waals surface area contributed by atoms with Crippen molar-refractivity contribution in [3.63, 3.8) is 0 Å². The van der Waals surface area contributed by atoms with Gasteiger partial charge >= 0.3 is 0 Å². The molecule has 7 nitrogen and oxygen atoms in total. The number of fused-ring (bicyclic) bond motifs is 1. The van der Waals surface area contributed by atoms with Crippen LogP contribution in [0.4, 0.5) is 0 Å². The standard InChI is InChI=1S/C25H31N5O2/c1-18-8-6-14-30-21(17-29-13-7-11-20(16-29)23(26)31)22(27-24(18)30)25(32)28(2)15-12-19-9-4-3-5-10-19/h3-6,8-10,14,20H,7,11-13,15-17H2,1-2H3,(H2,26,31). The lowest BCUT2D eigenvalue weighted by molar-refractivity contribution is -0.123. The van der Waals surface area contributed by atoms with Gasteiger partial charge in [-0.3, -0.25) is 14.5 Å². The minimum Gasteiger partial charge on any atom is -0.369 e. The first-order valence-corrected chi connectivity index (χ1v) is 11.2. The van der Waals surface area contributed by atoms with E-state index in [0.717, 1.165) is 42.7 Å². The van der Waals surface area contributed by atoms with Crippen LogP contribution in [-0.4, -0.2) is 57.7 Å². The SMILES string of the molecule is Cc1cccn2c(CN3CCCC(C(N)=O)C3)c(C(=O)N(C)CCc3ccccc3)nc12. The number of hydrogen-bond donors (Lipinski definition) is 1. The summed E-state index contributed by atoms with van der Waals surface area (Å²) >= 11 is 0. The first kappa shape index (κ1) is 22.0. The molecule has 168 valence electrons. The molecule has 32 heavy (non-hydrogen) atoms. The minimum absolute atomic E-state index is 0.0810. The van der Waals surface area contributed by atoms with Crippen LogP contribution in [0.3, 0.4) is 0 Å². The van der Waals surface area contributed by atoms with Crippen LogP contribution >= 0.6 is 0 Å². The van der Waals surface area contributed by atoms with Gasteiger partial charge < -0.3 is 15.0 Å². The van der Waals surface area contributed by atoms with E-state index in [4.69, 9.17) is 10.7 Å². The van der Waals surface area contributed by atoms with Crippen molar-refractivity contribution in [2.24, 2.45) is 11.7 Å². The number of pyridine rings is 1. The number of likely N-dealkylation sites (N-methyl/N-ethyl adjacent to an activating group) is 1. The molecule has 1 saturated heterocycles. The topological polar surface area (TPSA) is 83.9 Å². The average Bonchev–Trinajstić information content (AvgIpc) is 3.17. The van der Waals surface area contributed by atoms with Crippen LogP contribution in [0.5, 0.6) is 0 Å². The molecule has 3 heterocycles. The van der Waals surface area contributed by atoms with Gasteiger partial charge in [-0.2, -0.15) is 0 Å². The van der Waals surface area contributed by atoms with E-state index in [-0.39, 0.29) is 17.7 Å². The first-order chi connectivity index (χ1) is 15.4. The molecule has 1 unspecified atom stereocenters. The summed E-state index contributed by atoms with van der Waals surface area (Å²) in [6, 6.07) is 14.1. The highest BCUT2D eigenvalue weighted by atomic mass is 16.2. The van der Waals surface area contributed by atoms with Gasteiger partial charge in [0, 0.05) is 32.9 Å². The first-order valence-electron chi connectivity index (χ1n) is 11.2. The predicted octanol–water partition coefficient (Wildman–Crippen LogP) is 2.65. The third-order valence-electron chi connectivity index (χ3n) is 6.35. The van der Waals surface area contributed by atoms with Gasteiger partial charge in [-0.1, -0.05) is 36.4 Å². The molecule has 2 amide bonds. The van der Waals surface area contributed by atoms with Crippen LogP contribution in [0, 0.1) is 12.8 Å². The lowest BCUT2D eigenvalue weighted by Gasteiger charge is -2.31. The van der Waals surface area contributed by atoms with Crippen LogP contribution in [0.15, 0.2) is 48.7 Å². The number of nitrogens with two attached hydrogens (primary N) is 1. The summed E-state index contributed by atoms with van der Waals surface area (Å²) in [6.07, 6.45) is 4.49. The quantitative estimate of drug-likeness (QED) is 0.621. The third kappa shape index (κ3) is 4.67. The number of likely N-dealkylation sites (tertiary alicyclic amines) is 1. The zero-order chi connectivity index (χ0) is 22.7. The van der Waals surface area contributed by atoms with Crippen molar-refractivity contribution in [1.82, 2.24) is 19.2 Å². The van der Waals surface area contributed by atoms with Crippen molar-refractivity contribution in [3.8, 4) is 0 Å². The number of benzene rings is 1. The van der Waals surface area contributed by atoms with E-state index in [0.29, 0.717) is 25.3 Å². The monoisotopic (exact) mass is 433 g/mol. The number of carbonyl (C=O) groups excluding carboxylic acids is 2. The Bertz CT molecular complexity index is 1110. The van der Waals surface area contributed by atoms with E-state index in [1.165, 1.54) is 5.56 Å². The summed E-state index contributed by atoms with van der Waals surface area (Å²) < 4.78 is 2.02. The van der Waals surface area contributed by atoms with E-state index in [1.807, 2.05) is 54.9 Å². The van der Waals surface area contributed by atoms with Gasteiger partial charge in [-0.25, -0.2) is 4.98 Å². The molecular weight excluding hydrogens is 402 g/mol. The van der Waals surface area contributed by atoms with Crippen molar-refractivity contribution in [2.75, 3.05) is 26.7 Å². The van der Waals surface area contributed by atoms with Gasteiger partial charge in [-0.05, 0) is 49.9 Å². The van der Waals surface area contributed by atoms with E-state index in [9.17, 15) is 9.59 Å². The summed E-state index contributed by atoms with van der Waals surface area (Å²) in [5.74, 6) is -0.472. The van der Waals surface area contributed by atoms with Crippen LogP contribution in [0.2, 0.25) is 0 Å². The van der Waals surface area contributed by atoms with E-state index in [2.05, 4.69) is 17.0 Å². The lowest BCUT2D eigenvalue weighted by Crippen LogP contribution is -2.41. The van der Waals surface area contributed by atoms with Gasteiger partial charge in [0.1, 0.15) is 5.65 Å². The molecule has 2 N–H and O–H groups in total. The van der Waals surface area contributed by atoms with Gasteiger partial charge in [0.2, 0.25) is 5.91 Å². The highest BCUT2D eigenvalue weighted by Crippen LogP contribution is 2.23. The number of aryl methyl sites for hydroxylation is 1. The molecule has 7 heteroatoms. The fraction of sp³-hybridized carbons (Fsp3) is 0.400.